The van der Waals surface area contributed by atoms with E-state index in [2.05, 4.69) is 43.5 Å². The summed E-state index contributed by atoms with van der Waals surface area (Å²) in [5.74, 6) is -0.206. The molecule has 66 heavy (non-hydrogen) atoms. The van der Waals surface area contributed by atoms with Gasteiger partial charge >= 0.3 is 0 Å². The molecule has 390 valence electrons. The summed E-state index contributed by atoms with van der Waals surface area (Å²) in [7, 11) is 1.24. The third-order valence-electron chi connectivity index (χ3n) is 12.8. The Hall–Kier alpha value is -1.28. The van der Waals surface area contributed by atoms with Gasteiger partial charge in [-0.1, -0.05) is 256 Å². The van der Waals surface area contributed by atoms with Crippen LogP contribution in [-0.4, -0.2) is 68.5 Å². The van der Waals surface area contributed by atoms with Crippen molar-refractivity contribution in [2.45, 2.75) is 283 Å². The fourth-order valence-electron chi connectivity index (χ4n) is 8.36. The average Bonchev–Trinajstić information content (AvgIpc) is 3.28. The molecule has 3 unspecified atom stereocenters. The summed E-state index contributed by atoms with van der Waals surface area (Å²) in [6, 6.07) is -0.907. The number of amides is 1. The molecular weight excluding hydrogens is 840 g/mol. The van der Waals surface area contributed by atoms with E-state index in [1.807, 2.05) is 27.2 Å². The number of aliphatic hydroxyl groups excluding tert-OH is 1. The highest BCUT2D eigenvalue weighted by Gasteiger charge is 2.23. The van der Waals surface area contributed by atoms with E-state index in [0.29, 0.717) is 17.4 Å². The second kappa shape index (κ2) is 48.7. The number of likely N-dealkylation sites (N-methyl/N-ethyl adjacent to an activating group) is 1. The molecule has 0 aliphatic rings. The fraction of sp³-hybridized carbons (Fsp3) is 0.877. The van der Waals surface area contributed by atoms with Crippen molar-refractivity contribution in [3.63, 3.8) is 0 Å². The molecule has 0 saturated carbocycles. The summed E-state index contributed by atoms with van der Waals surface area (Å²) in [6.45, 7) is 4.65. The fourth-order valence-corrected chi connectivity index (χ4v) is 9.09. The predicted molar refractivity (Wildman–Crippen MR) is 284 cm³/mol. The van der Waals surface area contributed by atoms with Crippen molar-refractivity contribution in [1.29, 1.82) is 0 Å². The van der Waals surface area contributed by atoms with Crippen molar-refractivity contribution in [3.8, 4) is 0 Å². The monoisotopic (exact) mass is 951 g/mol. The van der Waals surface area contributed by atoms with Crippen LogP contribution in [0.3, 0.4) is 0 Å². The molecule has 0 aromatic rings. The van der Waals surface area contributed by atoms with E-state index < -0.39 is 26.6 Å². The number of rotatable bonds is 52. The van der Waals surface area contributed by atoms with Gasteiger partial charge in [0.25, 0.3) is 7.82 Å². The molecule has 0 aliphatic heterocycles. The van der Waals surface area contributed by atoms with Crippen LogP contribution in [0.4, 0.5) is 0 Å². The summed E-state index contributed by atoms with van der Waals surface area (Å²) in [5.41, 5.74) is 0. The molecular formula is C57H111N2O6P. The van der Waals surface area contributed by atoms with Crippen molar-refractivity contribution in [3.05, 3.63) is 36.5 Å². The summed E-state index contributed by atoms with van der Waals surface area (Å²) >= 11 is 0. The molecule has 0 rings (SSSR count). The van der Waals surface area contributed by atoms with Crippen LogP contribution in [0.5, 0.6) is 0 Å². The van der Waals surface area contributed by atoms with Gasteiger partial charge < -0.3 is 28.8 Å². The number of hydrogen-bond donors (Lipinski definition) is 2. The maximum absolute atomic E-state index is 12.9. The van der Waals surface area contributed by atoms with E-state index >= 15 is 0 Å². The molecule has 0 fully saturated rings. The number of unbranched alkanes of at least 4 members (excludes halogenated alkanes) is 35. The zero-order chi connectivity index (χ0) is 48.5. The van der Waals surface area contributed by atoms with Gasteiger partial charge in [0.05, 0.1) is 39.9 Å². The second-order valence-electron chi connectivity index (χ2n) is 20.6. The first-order valence-corrected chi connectivity index (χ1v) is 29.8. The molecule has 0 radical (unpaired) electrons. The Morgan fingerprint density at radius 1 is 0.515 bits per heavy atom. The molecule has 0 spiro atoms. The molecule has 0 aliphatic carbocycles. The van der Waals surface area contributed by atoms with E-state index in [-0.39, 0.29) is 12.5 Å². The molecule has 1 amide bonds. The zero-order valence-electron chi connectivity index (χ0n) is 44.4. The van der Waals surface area contributed by atoms with Gasteiger partial charge in [-0.3, -0.25) is 9.36 Å². The molecule has 8 nitrogen and oxygen atoms in total. The number of nitrogens with one attached hydrogen (secondary N) is 1. The number of phosphoric acid groups is 1. The van der Waals surface area contributed by atoms with E-state index in [1.54, 1.807) is 6.08 Å². The Balaban J connectivity index is 4.26. The van der Waals surface area contributed by atoms with Crippen molar-refractivity contribution in [2.24, 2.45) is 0 Å². The standard InChI is InChI=1S/C57H111N2O6P/c1-6-8-10-12-14-16-18-20-22-24-26-28-29-30-31-33-35-37-39-41-43-45-47-49-51-57(61)58-55(54-65-66(62,63)64-53-52-59(3,4)5)56(60)50-48-46-44-42-40-38-36-34-32-27-25-23-21-19-17-15-13-11-9-7-2/h32,34,40,42,48,50,55-56,60H,6-31,33,35-39,41,43-47,49,51-54H2,1-5H3,(H-,58,61,62,63)/b34-32+,42-40+,50-48+. The van der Waals surface area contributed by atoms with Gasteiger partial charge in [-0.2, -0.15) is 0 Å². The average molecular weight is 951 g/mol. The van der Waals surface area contributed by atoms with Crippen molar-refractivity contribution in [1.82, 2.24) is 5.32 Å². The highest BCUT2D eigenvalue weighted by atomic mass is 31.2. The van der Waals surface area contributed by atoms with Gasteiger partial charge in [0, 0.05) is 6.42 Å². The number of nitrogens with zero attached hydrogens (tertiary/aromatic N) is 1. The van der Waals surface area contributed by atoms with E-state index in [9.17, 15) is 19.4 Å². The number of phosphoric ester groups is 1. The number of hydrogen-bond acceptors (Lipinski definition) is 6. The minimum Gasteiger partial charge on any atom is -0.756 e. The van der Waals surface area contributed by atoms with Gasteiger partial charge in [-0.05, 0) is 44.9 Å². The van der Waals surface area contributed by atoms with Crippen LogP contribution in [0.2, 0.25) is 0 Å². The third kappa shape index (κ3) is 50.6. The lowest BCUT2D eigenvalue weighted by molar-refractivity contribution is -0.870. The summed E-state index contributed by atoms with van der Waals surface area (Å²) < 4.78 is 23.3. The van der Waals surface area contributed by atoms with E-state index in [1.165, 1.54) is 205 Å². The summed E-state index contributed by atoms with van der Waals surface area (Å²) in [6.07, 6.45) is 62.2. The number of allylic oxidation sites excluding steroid dienone is 5. The molecule has 0 aromatic heterocycles. The maximum Gasteiger partial charge on any atom is 0.268 e. The Morgan fingerprint density at radius 2 is 0.848 bits per heavy atom. The molecule has 9 heteroatoms. The maximum atomic E-state index is 12.9. The van der Waals surface area contributed by atoms with Gasteiger partial charge in [0.1, 0.15) is 13.2 Å². The quantitative estimate of drug-likeness (QED) is 0.0272. The topological polar surface area (TPSA) is 108 Å². The first-order chi connectivity index (χ1) is 32.0. The molecule has 0 saturated heterocycles. The smallest absolute Gasteiger partial charge is 0.268 e. The number of quaternary nitrogens is 1. The lowest BCUT2D eigenvalue weighted by Gasteiger charge is -2.29. The van der Waals surface area contributed by atoms with Crippen molar-refractivity contribution < 1.29 is 32.9 Å². The Labute approximate surface area is 410 Å². The van der Waals surface area contributed by atoms with E-state index in [4.69, 9.17) is 9.05 Å². The molecule has 0 aromatic carbocycles. The first-order valence-electron chi connectivity index (χ1n) is 28.4. The SMILES string of the molecule is CCCCCCCCCCCC/C=C/CC/C=C/CC/C=C/C(O)C(COP(=O)([O-])OCC[N+](C)(C)C)NC(=O)CCCCCCCCCCCCCCCCCCCCCCCCCC. The minimum atomic E-state index is -4.61. The molecule has 2 N–H and O–H groups in total. The highest BCUT2D eigenvalue weighted by molar-refractivity contribution is 7.45. The van der Waals surface area contributed by atoms with Crippen LogP contribution >= 0.6 is 7.82 Å². The van der Waals surface area contributed by atoms with Gasteiger partial charge in [-0.15, -0.1) is 0 Å². The lowest BCUT2D eigenvalue weighted by atomic mass is 10.0. The minimum absolute atomic E-state index is 0.00741. The first kappa shape index (κ1) is 64.7. The molecule has 0 heterocycles. The number of carbonyl (C=O) groups excluding carboxylic acids is 1. The van der Waals surface area contributed by atoms with Crippen LogP contribution in [0.1, 0.15) is 271 Å². The van der Waals surface area contributed by atoms with Gasteiger partial charge in [0.2, 0.25) is 5.91 Å². The second-order valence-corrected chi connectivity index (χ2v) is 22.0. The van der Waals surface area contributed by atoms with Crippen LogP contribution < -0.4 is 10.2 Å². The van der Waals surface area contributed by atoms with Gasteiger partial charge in [0.15, 0.2) is 0 Å². The van der Waals surface area contributed by atoms with Crippen LogP contribution in [0.25, 0.3) is 0 Å². The third-order valence-corrected chi connectivity index (χ3v) is 13.8. The van der Waals surface area contributed by atoms with Crippen LogP contribution in [0.15, 0.2) is 36.5 Å². The molecule has 3 atom stereocenters. The van der Waals surface area contributed by atoms with Crippen LogP contribution in [0, 0.1) is 0 Å². The highest BCUT2D eigenvalue weighted by Crippen LogP contribution is 2.38. The van der Waals surface area contributed by atoms with Gasteiger partial charge in [-0.25, -0.2) is 0 Å². The zero-order valence-corrected chi connectivity index (χ0v) is 45.3. The summed E-state index contributed by atoms with van der Waals surface area (Å²) in [4.78, 5) is 25.5. The Morgan fingerprint density at radius 3 is 1.23 bits per heavy atom. The predicted octanol–water partition coefficient (Wildman–Crippen LogP) is 16.4. The number of carbonyl (C=O) groups is 1. The van der Waals surface area contributed by atoms with E-state index in [0.717, 1.165) is 44.9 Å². The van der Waals surface area contributed by atoms with Crippen LogP contribution in [-0.2, 0) is 18.4 Å². The van der Waals surface area contributed by atoms with Crippen molar-refractivity contribution >= 4 is 13.7 Å². The molecule has 0 bridgehead atoms. The van der Waals surface area contributed by atoms with Crippen molar-refractivity contribution in [2.75, 3.05) is 40.9 Å². The summed E-state index contributed by atoms with van der Waals surface area (Å²) in [5, 5.41) is 13.9. The number of aliphatic hydroxyl groups is 1. The normalized spacial score (nSPS) is 14.2. The Kier molecular flexibility index (Phi) is 47.8. The Bertz CT molecular complexity index is 1170. The largest absolute Gasteiger partial charge is 0.756 e. The lowest BCUT2D eigenvalue weighted by Crippen LogP contribution is -2.45.